The van der Waals surface area contributed by atoms with Crippen LogP contribution in [0.15, 0.2) is 66.7 Å². The van der Waals surface area contributed by atoms with Crippen molar-refractivity contribution in [3.63, 3.8) is 0 Å². The molecular formula is C39H45ClF2N8O4. The van der Waals surface area contributed by atoms with Gasteiger partial charge in [0.25, 0.3) is 12.3 Å². The van der Waals surface area contributed by atoms with E-state index in [-0.39, 0.29) is 48.3 Å². The van der Waals surface area contributed by atoms with Gasteiger partial charge in [0.15, 0.2) is 5.82 Å². The predicted molar refractivity (Wildman–Crippen MR) is 203 cm³/mol. The fourth-order valence-corrected chi connectivity index (χ4v) is 6.94. The minimum absolute atomic E-state index is 0. The molecule has 4 aromatic rings. The number of aryl methyl sites for hydroxylation is 1. The van der Waals surface area contributed by atoms with E-state index in [0.717, 1.165) is 41.5 Å². The first-order valence-corrected chi connectivity index (χ1v) is 18.0. The normalized spacial score (nSPS) is 18.9. The van der Waals surface area contributed by atoms with E-state index in [9.17, 15) is 28.0 Å². The molecule has 286 valence electrons. The molecule has 1 aliphatic heterocycles. The van der Waals surface area contributed by atoms with Crippen LogP contribution in [0.5, 0.6) is 0 Å². The summed E-state index contributed by atoms with van der Waals surface area (Å²) in [6.45, 7) is 3.13. The number of anilines is 1. The maximum atomic E-state index is 13.7. The van der Waals surface area contributed by atoms with E-state index in [4.69, 9.17) is 5.73 Å². The van der Waals surface area contributed by atoms with Crippen LogP contribution in [0.3, 0.4) is 0 Å². The molecule has 3 aromatic carbocycles. The zero-order valence-corrected chi connectivity index (χ0v) is 30.7. The third kappa shape index (κ3) is 9.85. The summed E-state index contributed by atoms with van der Waals surface area (Å²) in [6.07, 6.45) is 2.01. The first-order valence-electron chi connectivity index (χ1n) is 18.0. The van der Waals surface area contributed by atoms with Crippen LogP contribution in [0.25, 0.3) is 22.5 Å². The van der Waals surface area contributed by atoms with Gasteiger partial charge >= 0.3 is 0 Å². The van der Waals surface area contributed by atoms with Crippen LogP contribution in [0.4, 0.5) is 14.5 Å². The van der Waals surface area contributed by atoms with Crippen molar-refractivity contribution in [2.75, 3.05) is 18.4 Å². The Kier molecular flexibility index (Phi) is 13.5. The fraction of sp³-hybridized carbons (Fsp3) is 0.385. The number of alkyl halides is 2. The lowest BCUT2D eigenvalue weighted by molar-refractivity contribution is -0.130. The standard InChI is InChI=1S/C39H44F2N8O4.ClH/c1-22-19-28(37(51)45-31-3-2-18-43-38(31)52)14-17-30(22)25-8-4-23(5-9-25)20-32(46-36(50)27-10-6-24(21-42)7-11-27)39(53)44-29-15-12-26(13-16-29)34-47-35(33(40)41)49-48-34;/h4-5,8-9,12-17,19,24,27,31-33H,2-3,6-7,10-11,18,20-21,42H2,1H3,(H,43,52)(H,44,53)(H,45,51)(H,46,50)(H,47,48,49);1H/t24-,27-,31?,32-;/m0./s1. The largest absolute Gasteiger partial charge is 0.354 e. The number of halogens is 3. The van der Waals surface area contributed by atoms with Gasteiger partial charge in [-0.2, -0.15) is 5.10 Å². The van der Waals surface area contributed by atoms with Crippen molar-refractivity contribution in [2.24, 2.45) is 17.6 Å². The van der Waals surface area contributed by atoms with Crippen molar-refractivity contribution in [2.45, 2.75) is 70.4 Å². The first-order chi connectivity index (χ1) is 25.6. The lowest BCUT2D eigenvalue weighted by atomic mass is 9.81. The van der Waals surface area contributed by atoms with Crippen LogP contribution in [0.2, 0.25) is 0 Å². The summed E-state index contributed by atoms with van der Waals surface area (Å²) in [5, 5.41) is 17.5. The fourth-order valence-electron chi connectivity index (χ4n) is 6.94. The molecule has 15 heteroatoms. The summed E-state index contributed by atoms with van der Waals surface area (Å²) in [7, 11) is 0. The van der Waals surface area contributed by atoms with E-state index in [1.807, 2.05) is 37.3 Å². The first kappa shape index (κ1) is 40.0. The third-order valence-electron chi connectivity index (χ3n) is 10.1. The van der Waals surface area contributed by atoms with Gasteiger partial charge < -0.3 is 27.0 Å². The SMILES string of the molecule is Cc1cc(C(=O)NC2CCCNC2=O)ccc1-c1ccc(C[C@H](NC(=O)[C@H]2CC[C@H](CN)CC2)C(=O)Nc2ccc(-c3nc(C(F)F)n[nH]3)cc2)cc1.Cl. The predicted octanol–water partition coefficient (Wildman–Crippen LogP) is 5.25. The monoisotopic (exact) mass is 762 g/mol. The molecular weight excluding hydrogens is 718 g/mol. The van der Waals surface area contributed by atoms with Crippen LogP contribution >= 0.6 is 12.4 Å². The lowest BCUT2D eigenvalue weighted by Crippen LogP contribution is -2.50. The van der Waals surface area contributed by atoms with Gasteiger partial charge in [0.2, 0.25) is 23.5 Å². The number of rotatable bonds is 12. The van der Waals surface area contributed by atoms with Crippen molar-refractivity contribution in [1.29, 1.82) is 0 Å². The highest BCUT2D eigenvalue weighted by Crippen LogP contribution is 2.29. The molecule has 1 saturated carbocycles. The smallest absolute Gasteiger partial charge is 0.299 e. The van der Waals surface area contributed by atoms with Crippen molar-refractivity contribution in [3.05, 3.63) is 89.2 Å². The van der Waals surface area contributed by atoms with Crippen LogP contribution in [0.1, 0.15) is 72.3 Å². The zero-order valence-electron chi connectivity index (χ0n) is 29.9. The molecule has 12 nitrogen and oxygen atoms in total. The van der Waals surface area contributed by atoms with Crippen LogP contribution < -0.4 is 27.0 Å². The molecule has 1 aliphatic carbocycles. The second kappa shape index (κ2) is 18.2. The van der Waals surface area contributed by atoms with Gasteiger partial charge in [-0.25, -0.2) is 13.8 Å². The Morgan fingerprint density at radius 1 is 0.944 bits per heavy atom. The number of benzene rings is 3. The summed E-state index contributed by atoms with van der Waals surface area (Å²) < 4.78 is 25.9. The van der Waals surface area contributed by atoms with Gasteiger partial charge in [-0.1, -0.05) is 30.3 Å². The second-order valence-corrected chi connectivity index (χ2v) is 13.8. The Bertz CT molecular complexity index is 1930. The van der Waals surface area contributed by atoms with Gasteiger partial charge in [-0.15, -0.1) is 12.4 Å². The summed E-state index contributed by atoms with van der Waals surface area (Å²) >= 11 is 0. The highest BCUT2D eigenvalue weighted by Gasteiger charge is 2.30. The van der Waals surface area contributed by atoms with Crippen molar-refractivity contribution < 1.29 is 28.0 Å². The van der Waals surface area contributed by atoms with Gasteiger partial charge in [0.05, 0.1) is 0 Å². The Balaban J connectivity index is 0.00000561. The van der Waals surface area contributed by atoms with E-state index in [0.29, 0.717) is 55.1 Å². The molecule has 2 atom stereocenters. The molecule has 0 spiro atoms. The number of hydrogen-bond acceptors (Lipinski definition) is 7. The number of nitrogens with two attached hydrogens (primary N) is 1. The van der Waals surface area contributed by atoms with Crippen molar-refractivity contribution >= 4 is 41.7 Å². The topological polar surface area (TPSA) is 184 Å². The van der Waals surface area contributed by atoms with Gasteiger partial charge in [0.1, 0.15) is 12.1 Å². The summed E-state index contributed by atoms with van der Waals surface area (Å²) in [4.78, 5) is 56.0. The average Bonchev–Trinajstić information content (AvgIpc) is 3.67. The van der Waals surface area contributed by atoms with Gasteiger partial charge in [-0.05, 0) is 117 Å². The molecule has 0 bridgehead atoms. The number of piperidine rings is 1. The molecule has 2 heterocycles. The van der Waals surface area contributed by atoms with Gasteiger partial charge in [0, 0.05) is 35.7 Å². The third-order valence-corrected chi connectivity index (χ3v) is 10.1. The number of carbonyl (C=O) groups excluding carboxylic acids is 4. The van der Waals surface area contributed by atoms with Crippen molar-refractivity contribution in [3.8, 4) is 22.5 Å². The number of hydrogen-bond donors (Lipinski definition) is 6. The maximum absolute atomic E-state index is 13.7. The lowest BCUT2D eigenvalue weighted by Gasteiger charge is -2.28. The van der Waals surface area contributed by atoms with Crippen LogP contribution in [-0.2, 0) is 20.8 Å². The molecule has 2 fully saturated rings. The van der Waals surface area contributed by atoms with Gasteiger partial charge in [-0.3, -0.25) is 24.3 Å². The van der Waals surface area contributed by atoms with Crippen molar-refractivity contribution in [1.82, 2.24) is 31.1 Å². The Hall–Kier alpha value is -5.21. The molecule has 6 rings (SSSR count). The van der Waals surface area contributed by atoms with Crippen LogP contribution in [-0.4, -0.2) is 64.0 Å². The zero-order chi connectivity index (χ0) is 37.5. The Morgan fingerprint density at radius 3 is 2.28 bits per heavy atom. The number of nitrogens with zero attached hydrogens (tertiary/aromatic N) is 2. The molecule has 7 N–H and O–H groups in total. The molecule has 4 amide bonds. The second-order valence-electron chi connectivity index (χ2n) is 13.8. The molecule has 1 aromatic heterocycles. The highest BCUT2D eigenvalue weighted by atomic mass is 35.5. The number of amides is 4. The molecule has 54 heavy (non-hydrogen) atoms. The van der Waals surface area contributed by atoms with E-state index in [2.05, 4.69) is 36.4 Å². The van der Waals surface area contributed by atoms with E-state index >= 15 is 0 Å². The quantitative estimate of drug-likeness (QED) is 0.114. The van der Waals surface area contributed by atoms with Crippen LogP contribution in [0, 0.1) is 18.8 Å². The Morgan fingerprint density at radius 2 is 1.65 bits per heavy atom. The van der Waals surface area contributed by atoms with E-state index < -0.39 is 30.2 Å². The molecule has 1 unspecified atom stereocenters. The maximum Gasteiger partial charge on any atom is 0.299 e. The number of aromatic nitrogens is 3. The molecule has 1 saturated heterocycles. The van der Waals surface area contributed by atoms with E-state index in [1.54, 1.807) is 36.4 Å². The minimum Gasteiger partial charge on any atom is -0.354 e. The summed E-state index contributed by atoms with van der Waals surface area (Å²) in [5.74, 6) is -1.26. The molecule has 0 radical (unpaired) electrons. The number of nitrogens with one attached hydrogen (secondary N) is 5. The number of aromatic amines is 1. The number of H-pyrrole nitrogens is 1. The summed E-state index contributed by atoms with van der Waals surface area (Å²) in [5.41, 5.74) is 10.9. The summed E-state index contributed by atoms with van der Waals surface area (Å²) in [6, 6.07) is 18.2. The number of carbonyl (C=O) groups is 4. The average molecular weight is 763 g/mol. The minimum atomic E-state index is -2.80. The van der Waals surface area contributed by atoms with E-state index in [1.165, 1.54) is 0 Å². The molecule has 2 aliphatic rings. The highest BCUT2D eigenvalue weighted by molar-refractivity contribution is 5.99. The Labute approximate surface area is 318 Å².